The molecule has 0 bridgehead atoms. The predicted octanol–water partition coefficient (Wildman–Crippen LogP) is 4.76. The topological polar surface area (TPSA) is 70.6 Å². The highest BCUT2D eigenvalue weighted by atomic mass is 32.2. The van der Waals surface area contributed by atoms with Gasteiger partial charge in [-0.3, -0.25) is 4.79 Å². The Balaban J connectivity index is 1.55. The number of para-hydroxylation sites is 2. The largest absolute Gasteiger partial charge is 0.493 e. The number of hydrogen-bond acceptors (Lipinski definition) is 5. The first-order valence-electron chi connectivity index (χ1n) is 9.02. The third kappa shape index (κ3) is 4.89. The minimum Gasteiger partial charge on any atom is -0.493 e. The van der Waals surface area contributed by atoms with Gasteiger partial charge in [-0.15, -0.1) is 11.8 Å². The molecule has 144 valence electrons. The van der Waals surface area contributed by atoms with Crippen molar-refractivity contribution in [3.63, 3.8) is 0 Å². The van der Waals surface area contributed by atoms with Crippen molar-refractivity contribution in [1.29, 1.82) is 0 Å². The van der Waals surface area contributed by atoms with Gasteiger partial charge in [-0.05, 0) is 35.2 Å². The number of rotatable bonds is 7. The molecule has 1 heterocycles. The first-order chi connectivity index (χ1) is 12.8. The first kappa shape index (κ1) is 19.4. The van der Waals surface area contributed by atoms with Crippen LogP contribution in [0.4, 0.5) is 11.4 Å². The van der Waals surface area contributed by atoms with E-state index in [1.54, 1.807) is 0 Å². The third-order valence-electron chi connectivity index (χ3n) is 4.42. The Kier molecular flexibility index (Phi) is 5.56. The van der Waals surface area contributed by atoms with Crippen molar-refractivity contribution in [3.05, 3.63) is 54.1 Å². The van der Waals surface area contributed by atoms with E-state index in [9.17, 15) is 9.90 Å². The Morgan fingerprint density at radius 2 is 1.67 bits per heavy atom. The molecule has 0 fully saturated rings. The lowest BCUT2D eigenvalue weighted by molar-refractivity contribution is -0.137. The smallest absolute Gasteiger partial charge is 0.308 e. The second-order valence-corrected chi connectivity index (χ2v) is 9.06. The van der Waals surface area contributed by atoms with Crippen LogP contribution in [0.25, 0.3) is 0 Å². The molecule has 3 rings (SSSR count). The van der Waals surface area contributed by atoms with Crippen LogP contribution in [0, 0.1) is 0 Å². The molecule has 0 amide bonds. The van der Waals surface area contributed by atoms with E-state index < -0.39 is 11.0 Å². The summed E-state index contributed by atoms with van der Waals surface area (Å²) in [5.74, 6) is 0.628. The van der Waals surface area contributed by atoms with Crippen molar-refractivity contribution in [3.8, 4) is 5.75 Å². The summed E-state index contributed by atoms with van der Waals surface area (Å²) in [6.07, 6.45) is -0.0351. The van der Waals surface area contributed by atoms with Gasteiger partial charge in [0.25, 0.3) is 0 Å². The van der Waals surface area contributed by atoms with Crippen molar-refractivity contribution in [1.82, 2.24) is 0 Å². The Bertz CT molecular complexity index is 775. The van der Waals surface area contributed by atoms with Crippen LogP contribution in [0.3, 0.4) is 0 Å². The van der Waals surface area contributed by atoms with Crippen LogP contribution in [0.5, 0.6) is 5.75 Å². The SMILES string of the molecule is CC(C)(C)c1ccc(OCCSC2(CC(=O)O)Nc3ccccc3N2)cc1. The van der Waals surface area contributed by atoms with E-state index in [-0.39, 0.29) is 11.8 Å². The lowest BCUT2D eigenvalue weighted by atomic mass is 9.87. The zero-order chi connectivity index (χ0) is 19.5. The summed E-state index contributed by atoms with van der Waals surface area (Å²) in [5.41, 5.74) is 3.23. The van der Waals surface area contributed by atoms with Gasteiger partial charge in [0.15, 0.2) is 4.99 Å². The van der Waals surface area contributed by atoms with E-state index in [0.29, 0.717) is 12.4 Å². The molecule has 5 nitrogen and oxygen atoms in total. The standard InChI is InChI=1S/C21H26N2O3S/c1-20(2,3)15-8-10-16(11-9-15)26-12-13-27-21(14-19(24)25)22-17-6-4-5-7-18(17)23-21/h4-11,22-23H,12-14H2,1-3H3,(H,24,25). The quantitative estimate of drug-likeness (QED) is 0.596. The molecule has 0 spiro atoms. The second-order valence-electron chi connectivity index (χ2n) is 7.66. The third-order valence-corrected chi connectivity index (χ3v) is 5.63. The molecule has 6 heteroatoms. The number of hydrogen-bond donors (Lipinski definition) is 3. The fraction of sp³-hybridized carbons (Fsp3) is 0.381. The van der Waals surface area contributed by atoms with Crippen molar-refractivity contribution in [2.45, 2.75) is 37.6 Å². The van der Waals surface area contributed by atoms with E-state index in [4.69, 9.17) is 4.74 Å². The Labute approximate surface area is 164 Å². The van der Waals surface area contributed by atoms with Crippen LogP contribution in [0.15, 0.2) is 48.5 Å². The molecule has 0 atom stereocenters. The van der Waals surface area contributed by atoms with Crippen LogP contribution in [-0.4, -0.2) is 28.4 Å². The summed E-state index contributed by atoms with van der Waals surface area (Å²) in [6.45, 7) is 7.05. The number of aliphatic carboxylic acids is 1. The van der Waals surface area contributed by atoms with Gasteiger partial charge in [-0.2, -0.15) is 0 Å². The molecule has 0 saturated carbocycles. The zero-order valence-corrected chi connectivity index (χ0v) is 16.7. The Morgan fingerprint density at radius 1 is 1.07 bits per heavy atom. The number of fused-ring (bicyclic) bond motifs is 1. The molecule has 1 aliphatic heterocycles. The number of anilines is 2. The molecule has 3 N–H and O–H groups in total. The van der Waals surface area contributed by atoms with Crippen LogP contribution < -0.4 is 15.4 Å². The average Bonchev–Trinajstić information content (AvgIpc) is 2.95. The average molecular weight is 387 g/mol. The summed E-state index contributed by atoms with van der Waals surface area (Å²) in [6, 6.07) is 15.9. The molecule has 2 aromatic carbocycles. The molecule has 0 radical (unpaired) electrons. The summed E-state index contributed by atoms with van der Waals surface area (Å²) < 4.78 is 5.84. The molecular weight excluding hydrogens is 360 g/mol. The van der Waals surface area contributed by atoms with Gasteiger partial charge in [-0.1, -0.05) is 45.0 Å². The van der Waals surface area contributed by atoms with Gasteiger partial charge in [0.2, 0.25) is 0 Å². The summed E-state index contributed by atoms with van der Waals surface area (Å²) in [4.78, 5) is 10.6. The molecule has 0 aliphatic carbocycles. The van der Waals surface area contributed by atoms with Crippen molar-refractivity contribution in [2.24, 2.45) is 0 Å². The minimum atomic E-state index is -0.853. The lowest BCUT2D eigenvalue weighted by Gasteiger charge is -2.28. The highest BCUT2D eigenvalue weighted by Gasteiger charge is 2.38. The number of carbonyl (C=O) groups is 1. The number of carboxylic acid groups (broad SMARTS) is 1. The van der Waals surface area contributed by atoms with Gasteiger partial charge in [0, 0.05) is 5.75 Å². The predicted molar refractivity (Wildman–Crippen MR) is 112 cm³/mol. The molecule has 0 unspecified atom stereocenters. The maximum absolute atomic E-state index is 11.4. The number of carboxylic acids is 1. The van der Waals surface area contributed by atoms with E-state index in [1.165, 1.54) is 17.3 Å². The number of ether oxygens (including phenoxy) is 1. The molecule has 1 aliphatic rings. The van der Waals surface area contributed by atoms with Gasteiger partial charge in [0.05, 0.1) is 24.4 Å². The summed E-state index contributed by atoms with van der Waals surface area (Å²) >= 11 is 1.51. The maximum atomic E-state index is 11.4. The van der Waals surface area contributed by atoms with Crippen molar-refractivity contribution in [2.75, 3.05) is 23.0 Å². The Morgan fingerprint density at radius 3 is 2.19 bits per heavy atom. The van der Waals surface area contributed by atoms with E-state index >= 15 is 0 Å². The van der Waals surface area contributed by atoms with Crippen molar-refractivity contribution >= 4 is 29.1 Å². The summed E-state index contributed by atoms with van der Waals surface area (Å²) in [7, 11) is 0. The highest BCUT2D eigenvalue weighted by Crippen LogP contribution is 2.41. The summed E-state index contributed by atoms with van der Waals surface area (Å²) in [5, 5.41) is 16.0. The Hall–Kier alpha value is -2.34. The second kappa shape index (κ2) is 7.72. The molecule has 27 heavy (non-hydrogen) atoms. The fourth-order valence-corrected chi connectivity index (χ4v) is 4.12. The zero-order valence-electron chi connectivity index (χ0n) is 15.9. The molecule has 0 saturated heterocycles. The van der Waals surface area contributed by atoms with Crippen LogP contribution in [0.1, 0.15) is 32.8 Å². The maximum Gasteiger partial charge on any atom is 0.308 e. The van der Waals surface area contributed by atoms with Crippen LogP contribution in [0.2, 0.25) is 0 Å². The molecule has 2 aromatic rings. The number of benzene rings is 2. The van der Waals surface area contributed by atoms with Crippen LogP contribution in [-0.2, 0) is 10.2 Å². The monoisotopic (exact) mass is 386 g/mol. The van der Waals surface area contributed by atoms with Gasteiger partial charge in [-0.25, -0.2) is 0 Å². The van der Waals surface area contributed by atoms with Crippen LogP contribution >= 0.6 is 11.8 Å². The number of nitrogens with one attached hydrogen (secondary N) is 2. The van der Waals surface area contributed by atoms with E-state index in [1.807, 2.05) is 36.4 Å². The van der Waals surface area contributed by atoms with E-state index in [2.05, 4.69) is 43.5 Å². The highest BCUT2D eigenvalue weighted by molar-refractivity contribution is 8.00. The van der Waals surface area contributed by atoms with Gasteiger partial charge in [0.1, 0.15) is 5.75 Å². The molecular formula is C21H26N2O3S. The van der Waals surface area contributed by atoms with Crippen molar-refractivity contribution < 1.29 is 14.6 Å². The normalized spacial score (nSPS) is 14.8. The molecule has 0 aromatic heterocycles. The van der Waals surface area contributed by atoms with Gasteiger partial charge < -0.3 is 20.5 Å². The first-order valence-corrected chi connectivity index (χ1v) is 10.0. The van der Waals surface area contributed by atoms with E-state index in [0.717, 1.165) is 17.1 Å². The fourth-order valence-electron chi connectivity index (χ4n) is 3.02. The lowest BCUT2D eigenvalue weighted by Crippen LogP contribution is -2.41. The minimum absolute atomic E-state index is 0.0351. The number of thioether (sulfide) groups is 1. The van der Waals surface area contributed by atoms with Gasteiger partial charge >= 0.3 is 5.97 Å².